The highest BCUT2D eigenvalue weighted by Gasteiger charge is 2.34. The van der Waals surface area contributed by atoms with Crippen LogP contribution in [-0.2, 0) is 10.2 Å². The van der Waals surface area contributed by atoms with Gasteiger partial charge >= 0.3 is 0 Å². The van der Waals surface area contributed by atoms with E-state index in [1.807, 2.05) is 6.92 Å². The predicted molar refractivity (Wildman–Crippen MR) is 61.7 cm³/mol. The Hall–Kier alpha value is -0.640. The van der Waals surface area contributed by atoms with Crippen LogP contribution in [0.4, 0.5) is 0 Å². The van der Waals surface area contributed by atoms with E-state index in [9.17, 15) is 8.42 Å². The maximum Gasteiger partial charge on any atom is 0.279 e. The molecular weight excluding hydrogens is 226 g/mol. The van der Waals surface area contributed by atoms with Crippen molar-refractivity contribution in [2.75, 3.05) is 13.1 Å². The molecule has 1 aliphatic heterocycles. The van der Waals surface area contributed by atoms with Crippen molar-refractivity contribution in [2.24, 2.45) is 5.41 Å². The molecule has 0 unspecified atom stereocenters. The summed E-state index contributed by atoms with van der Waals surface area (Å²) in [5, 5.41) is 8.95. The largest absolute Gasteiger partial charge is 0.279 e. The lowest BCUT2D eigenvalue weighted by atomic mass is 9.83. The second-order valence-corrected chi connectivity index (χ2v) is 6.55. The van der Waals surface area contributed by atoms with Gasteiger partial charge in [0.1, 0.15) is 0 Å². The number of nitriles is 1. The van der Waals surface area contributed by atoms with Crippen molar-refractivity contribution < 1.29 is 8.42 Å². The van der Waals surface area contributed by atoms with Gasteiger partial charge in [0.2, 0.25) is 0 Å². The Kier molecular flexibility index (Phi) is 3.94. The van der Waals surface area contributed by atoms with Crippen LogP contribution in [0.5, 0.6) is 0 Å². The van der Waals surface area contributed by atoms with E-state index >= 15 is 0 Å². The van der Waals surface area contributed by atoms with Gasteiger partial charge in [0.05, 0.1) is 11.5 Å². The van der Waals surface area contributed by atoms with Gasteiger partial charge in [0.25, 0.3) is 10.2 Å². The molecule has 0 aromatic rings. The van der Waals surface area contributed by atoms with Crippen molar-refractivity contribution in [3.8, 4) is 6.07 Å². The van der Waals surface area contributed by atoms with E-state index in [0.717, 1.165) is 0 Å². The first-order valence-electron chi connectivity index (χ1n) is 5.48. The second kappa shape index (κ2) is 4.70. The molecule has 0 atom stereocenters. The molecule has 5 nitrogen and oxygen atoms in total. The van der Waals surface area contributed by atoms with Crippen LogP contribution in [0.15, 0.2) is 0 Å². The minimum atomic E-state index is -3.37. The standard InChI is InChI=1S/C10H19N3O2S/c1-9(2)12-16(14,15)13-6-4-10(3,8-11)5-7-13/h9,12H,4-7H2,1-3H3. The van der Waals surface area contributed by atoms with E-state index in [1.165, 1.54) is 4.31 Å². The number of nitrogens with zero attached hydrogens (tertiary/aromatic N) is 2. The molecule has 1 rings (SSSR count). The summed E-state index contributed by atoms with van der Waals surface area (Å²) in [6, 6.07) is 2.15. The Labute approximate surface area is 97.6 Å². The Morgan fingerprint density at radius 3 is 2.25 bits per heavy atom. The highest BCUT2D eigenvalue weighted by Crippen LogP contribution is 2.30. The van der Waals surface area contributed by atoms with Crippen LogP contribution in [0.2, 0.25) is 0 Å². The number of nitrogens with one attached hydrogen (secondary N) is 1. The third kappa shape index (κ3) is 3.17. The maximum absolute atomic E-state index is 11.8. The Bertz CT molecular complexity index is 375. The normalized spacial score (nSPS) is 21.9. The van der Waals surface area contributed by atoms with Gasteiger partial charge in [-0.15, -0.1) is 0 Å². The van der Waals surface area contributed by atoms with Crippen molar-refractivity contribution in [3.63, 3.8) is 0 Å². The molecule has 6 heteroatoms. The molecule has 1 fully saturated rings. The van der Waals surface area contributed by atoms with Crippen molar-refractivity contribution in [3.05, 3.63) is 0 Å². The minimum Gasteiger partial charge on any atom is -0.200 e. The molecule has 0 aromatic carbocycles. The molecule has 0 saturated carbocycles. The van der Waals surface area contributed by atoms with Crippen molar-refractivity contribution in [1.82, 2.24) is 9.03 Å². The molecule has 1 heterocycles. The fourth-order valence-electron chi connectivity index (χ4n) is 1.70. The Balaban J connectivity index is 2.64. The summed E-state index contributed by atoms with van der Waals surface area (Å²) < 4.78 is 27.6. The highest BCUT2D eigenvalue weighted by atomic mass is 32.2. The summed E-state index contributed by atoms with van der Waals surface area (Å²) in [6.45, 7) is 6.31. The van der Waals surface area contributed by atoms with Crippen LogP contribution in [0, 0.1) is 16.7 Å². The molecule has 1 saturated heterocycles. The quantitative estimate of drug-likeness (QED) is 0.801. The Morgan fingerprint density at radius 2 is 1.88 bits per heavy atom. The van der Waals surface area contributed by atoms with Gasteiger partial charge in [-0.2, -0.15) is 22.7 Å². The summed E-state index contributed by atoms with van der Waals surface area (Å²) >= 11 is 0. The van der Waals surface area contributed by atoms with Gasteiger partial charge in [-0.3, -0.25) is 0 Å². The summed E-state index contributed by atoms with van der Waals surface area (Å²) in [5.41, 5.74) is -0.371. The molecule has 0 amide bonds. The fourth-order valence-corrected chi connectivity index (χ4v) is 3.11. The molecule has 0 spiro atoms. The second-order valence-electron chi connectivity index (χ2n) is 4.85. The molecule has 1 aliphatic rings. The summed E-state index contributed by atoms with van der Waals surface area (Å²) in [4.78, 5) is 0. The van der Waals surface area contributed by atoms with Crippen molar-refractivity contribution in [1.29, 1.82) is 5.26 Å². The highest BCUT2D eigenvalue weighted by molar-refractivity contribution is 7.87. The van der Waals surface area contributed by atoms with Gasteiger partial charge in [-0.1, -0.05) is 0 Å². The lowest BCUT2D eigenvalue weighted by Gasteiger charge is -2.34. The van der Waals surface area contributed by atoms with Gasteiger partial charge in [-0.25, -0.2) is 0 Å². The van der Waals surface area contributed by atoms with E-state index in [1.54, 1.807) is 13.8 Å². The smallest absolute Gasteiger partial charge is 0.200 e. The van der Waals surface area contributed by atoms with Gasteiger partial charge in [-0.05, 0) is 33.6 Å². The first kappa shape index (κ1) is 13.4. The average molecular weight is 245 g/mol. The lowest BCUT2D eigenvalue weighted by Crippen LogP contribution is -2.48. The van der Waals surface area contributed by atoms with Crippen LogP contribution >= 0.6 is 0 Å². The summed E-state index contributed by atoms with van der Waals surface area (Å²) in [5.74, 6) is 0. The minimum absolute atomic E-state index is 0.103. The Morgan fingerprint density at radius 1 is 1.38 bits per heavy atom. The van der Waals surface area contributed by atoms with Crippen LogP contribution in [0.3, 0.4) is 0 Å². The molecule has 0 aromatic heterocycles. The molecule has 0 bridgehead atoms. The number of hydrogen-bond donors (Lipinski definition) is 1. The van der Waals surface area contributed by atoms with Crippen LogP contribution in [0.1, 0.15) is 33.6 Å². The molecular formula is C10H19N3O2S. The van der Waals surface area contributed by atoms with Crippen molar-refractivity contribution in [2.45, 2.75) is 39.7 Å². The van der Waals surface area contributed by atoms with Gasteiger partial charge < -0.3 is 0 Å². The SMILES string of the molecule is CC(C)NS(=O)(=O)N1CCC(C)(C#N)CC1. The summed E-state index contributed by atoms with van der Waals surface area (Å²) in [6.07, 6.45) is 1.20. The fraction of sp³-hybridized carbons (Fsp3) is 0.900. The van der Waals surface area contributed by atoms with Gasteiger partial charge in [0, 0.05) is 19.1 Å². The van der Waals surface area contributed by atoms with E-state index < -0.39 is 10.2 Å². The first-order chi connectivity index (χ1) is 7.29. The zero-order chi connectivity index (χ0) is 12.4. The van der Waals surface area contributed by atoms with E-state index in [-0.39, 0.29) is 11.5 Å². The van der Waals surface area contributed by atoms with Gasteiger partial charge in [0.15, 0.2) is 0 Å². The number of piperidine rings is 1. The zero-order valence-corrected chi connectivity index (χ0v) is 10.8. The van der Waals surface area contributed by atoms with Crippen LogP contribution < -0.4 is 4.72 Å². The monoisotopic (exact) mass is 245 g/mol. The molecule has 0 aliphatic carbocycles. The van der Waals surface area contributed by atoms with Crippen LogP contribution in [-0.4, -0.2) is 31.9 Å². The number of hydrogen-bond acceptors (Lipinski definition) is 3. The molecule has 1 N–H and O–H groups in total. The van der Waals surface area contributed by atoms with Crippen LogP contribution in [0.25, 0.3) is 0 Å². The molecule has 92 valence electrons. The maximum atomic E-state index is 11.8. The summed E-state index contributed by atoms with van der Waals surface area (Å²) in [7, 11) is -3.37. The topological polar surface area (TPSA) is 73.2 Å². The van der Waals surface area contributed by atoms with E-state index in [2.05, 4.69) is 10.8 Å². The first-order valence-corrected chi connectivity index (χ1v) is 6.92. The lowest BCUT2D eigenvalue weighted by molar-refractivity contribution is 0.229. The van der Waals surface area contributed by atoms with Crippen molar-refractivity contribution >= 4 is 10.2 Å². The van der Waals surface area contributed by atoms with E-state index in [0.29, 0.717) is 25.9 Å². The molecule has 0 radical (unpaired) electrons. The average Bonchev–Trinajstić information content (AvgIpc) is 2.16. The third-order valence-electron chi connectivity index (χ3n) is 2.82. The number of rotatable bonds is 3. The third-order valence-corrected chi connectivity index (χ3v) is 4.63. The predicted octanol–water partition coefficient (Wildman–Crippen LogP) is 0.855. The van der Waals surface area contributed by atoms with E-state index in [4.69, 9.17) is 5.26 Å². The zero-order valence-electron chi connectivity index (χ0n) is 10.0. The molecule has 16 heavy (non-hydrogen) atoms.